The van der Waals surface area contributed by atoms with Crippen LogP contribution in [0.3, 0.4) is 0 Å². The van der Waals surface area contributed by atoms with Gasteiger partial charge in [0.2, 0.25) is 29.5 Å². The number of nitrogens with two attached hydrogens (primary N) is 1. The van der Waals surface area contributed by atoms with Crippen LogP contribution < -0.4 is 43.0 Å². The summed E-state index contributed by atoms with van der Waals surface area (Å²) in [4.78, 5) is 190. The van der Waals surface area contributed by atoms with E-state index in [1.54, 1.807) is 91.0 Å². The van der Waals surface area contributed by atoms with Crippen molar-refractivity contribution in [1.29, 1.82) is 0 Å². The quantitative estimate of drug-likeness (QED) is 0.0199. The first-order valence-electron chi connectivity index (χ1n) is 27.6. The minimum atomic E-state index is -1.76. The number of Topliss-reactive ketones (excluding diaryl/α,β-unsaturated/α-hetero) is 3. The van der Waals surface area contributed by atoms with E-state index in [0.717, 1.165) is 0 Å². The lowest BCUT2D eigenvalue weighted by Gasteiger charge is -2.23. The first-order valence-corrected chi connectivity index (χ1v) is 28.2. The summed E-state index contributed by atoms with van der Waals surface area (Å²) in [6, 6.07) is 15.0. The number of urea groups is 1. The van der Waals surface area contributed by atoms with Gasteiger partial charge in [-0.1, -0.05) is 91.0 Å². The van der Waals surface area contributed by atoms with Crippen LogP contribution in [0.15, 0.2) is 91.0 Å². The average Bonchev–Trinajstić information content (AvgIpc) is 3.56. The van der Waals surface area contributed by atoms with E-state index in [-0.39, 0.29) is 44.3 Å². The van der Waals surface area contributed by atoms with Gasteiger partial charge in [0.15, 0.2) is 23.6 Å². The number of aliphatic carboxylic acids is 5. The number of carboxylic acid groups (broad SMARTS) is 5. The predicted molar refractivity (Wildman–Crippen MR) is 310 cm³/mol. The van der Waals surface area contributed by atoms with E-state index in [9.17, 15) is 92.3 Å². The topological polar surface area (TPSA) is 477 Å². The minimum Gasteiger partial charge on any atom is -0.481 e. The fraction of sp³-hybridized carbons (Fsp3) is 0.431. The number of carboxylic acids is 5. The molecule has 30 heteroatoms. The van der Waals surface area contributed by atoms with Crippen molar-refractivity contribution in [3.05, 3.63) is 108 Å². The van der Waals surface area contributed by atoms with Crippen LogP contribution in [-0.4, -0.2) is 170 Å². The second-order valence-corrected chi connectivity index (χ2v) is 20.6. The standard InChI is InChI=1S/C58H72N8O21S/c59-39(53(78)63-43(29-51(75)76)54(79)64-44(31-88)57(84)85)17-19-45(69)41(25-34-12-6-2-7-13-34)62-52(77)37(24-33-10-4-1-5-11-33)27-38(68)30-60-47(71)20-16-36(55(80)81)28-46(70)42(26-35-14-8-3-9-15-35)61-48(72)21-18-40(56(82)83)65-58(86)66-49(87-32-67)22-23-50(73)74/h1-15,32,36-37,39-44,49,88H,16-31,59H2,(H,60,71)(H,61,72)(H,62,77)(H,63,78)(H,64,79)(H,73,74)(H,75,76)(H,80,81)(H,82,83)(H,84,85)(H2,65,66,86)/t36-,37+,39-,40-,41-,42-,43-,44-,49+/m0/s1. The second kappa shape index (κ2) is 38.5. The molecule has 0 aliphatic heterocycles. The Hall–Kier alpha value is -9.58. The number of amides is 7. The Kier molecular flexibility index (Phi) is 31.8. The molecule has 88 heavy (non-hydrogen) atoms. The number of thiol groups is 1. The highest BCUT2D eigenvalue weighted by Crippen LogP contribution is 2.19. The number of benzene rings is 3. The van der Waals surface area contributed by atoms with Gasteiger partial charge in [-0.05, 0) is 55.2 Å². The maximum Gasteiger partial charge on any atom is 0.327 e. The summed E-state index contributed by atoms with van der Waals surface area (Å²) in [5.74, 6) is -16.9. The number of carbonyl (C=O) groups excluding carboxylic acids is 10. The van der Waals surface area contributed by atoms with E-state index in [1.807, 2.05) is 0 Å². The lowest BCUT2D eigenvalue weighted by Crippen LogP contribution is -2.55. The Labute approximate surface area is 509 Å². The number of carbonyl (C=O) groups is 15. The fourth-order valence-electron chi connectivity index (χ4n) is 8.64. The van der Waals surface area contributed by atoms with Crippen LogP contribution in [0.25, 0.3) is 0 Å². The first kappa shape index (κ1) is 72.7. The van der Waals surface area contributed by atoms with E-state index in [0.29, 0.717) is 16.7 Å². The smallest absolute Gasteiger partial charge is 0.327 e. The van der Waals surface area contributed by atoms with Gasteiger partial charge in [0, 0.05) is 50.2 Å². The molecule has 476 valence electrons. The van der Waals surface area contributed by atoms with Gasteiger partial charge in [0.05, 0.1) is 43.4 Å². The third-order valence-corrected chi connectivity index (χ3v) is 13.8. The molecule has 0 fully saturated rings. The predicted octanol–water partition coefficient (Wildman–Crippen LogP) is -0.152. The van der Waals surface area contributed by atoms with Gasteiger partial charge in [-0.25, -0.2) is 14.4 Å². The van der Waals surface area contributed by atoms with Crippen LogP contribution >= 0.6 is 12.6 Å². The van der Waals surface area contributed by atoms with E-state index in [2.05, 4.69) is 54.6 Å². The summed E-state index contributed by atoms with van der Waals surface area (Å²) in [7, 11) is 0. The molecule has 0 heterocycles. The Bertz CT molecular complexity index is 2920. The molecule has 3 aromatic rings. The maximum absolute atomic E-state index is 14.2. The summed E-state index contributed by atoms with van der Waals surface area (Å²) in [5, 5.41) is 63.6. The molecular weight excluding hydrogens is 1180 g/mol. The van der Waals surface area contributed by atoms with Gasteiger partial charge in [-0.15, -0.1) is 0 Å². The third-order valence-electron chi connectivity index (χ3n) is 13.4. The lowest BCUT2D eigenvalue weighted by molar-refractivity contribution is -0.145. The molecule has 0 bridgehead atoms. The number of hydrogen-bond donors (Lipinski definition) is 14. The Balaban J connectivity index is 1.69. The second-order valence-electron chi connectivity index (χ2n) is 20.3. The van der Waals surface area contributed by atoms with Gasteiger partial charge >= 0.3 is 35.9 Å². The number of ether oxygens (including phenoxy) is 1. The minimum absolute atomic E-state index is 0.0195. The molecular formula is C58H72N8O21S. The lowest BCUT2D eigenvalue weighted by atomic mass is 9.91. The zero-order valence-electron chi connectivity index (χ0n) is 47.5. The average molecular weight is 1250 g/mol. The molecule has 0 saturated heterocycles. The molecule has 0 radical (unpaired) electrons. The molecule has 3 aromatic carbocycles. The van der Waals surface area contributed by atoms with Gasteiger partial charge in [0.25, 0.3) is 6.47 Å². The van der Waals surface area contributed by atoms with Gasteiger partial charge in [-0.2, -0.15) is 12.6 Å². The van der Waals surface area contributed by atoms with Crippen molar-refractivity contribution in [3.63, 3.8) is 0 Å². The van der Waals surface area contributed by atoms with Gasteiger partial charge in [-0.3, -0.25) is 57.5 Å². The highest BCUT2D eigenvalue weighted by Gasteiger charge is 2.33. The molecule has 0 aliphatic carbocycles. The number of nitrogens with one attached hydrogen (secondary N) is 7. The van der Waals surface area contributed by atoms with Crippen LogP contribution in [0.5, 0.6) is 0 Å². The van der Waals surface area contributed by atoms with Crippen molar-refractivity contribution < 1.29 is 102 Å². The fourth-order valence-corrected chi connectivity index (χ4v) is 8.88. The van der Waals surface area contributed by atoms with Crippen LogP contribution in [0, 0.1) is 11.8 Å². The molecule has 7 amide bonds. The SMILES string of the molecule is N[C@@H](CCC(=O)[C@H](Cc1ccccc1)NC(=O)[C@@H](CC(=O)CNC(=O)CC[C@@H](CC(=O)[C@H](Cc1ccccc1)NC(=O)CC[C@H](NC(=O)N[C@@H](CCC(=O)O)OC=O)C(=O)O)C(=O)O)Cc1ccccc1)C(=O)N[C@@H](CC(=O)O)C(=O)N[C@@H](CS)C(=O)O. The normalized spacial score (nSPS) is 13.9. The highest BCUT2D eigenvalue weighted by molar-refractivity contribution is 7.80. The molecule has 0 saturated carbocycles. The van der Waals surface area contributed by atoms with Gasteiger partial charge in [0.1, 0.15) is 18.1 Å². The van der Waals surface area contributed by atoms with E-state index in [1.165, 1.54) is 0 Å². The monoisotopic (exact) mass is 1250 g/mol. The molecule has 0 spiro atoms. The zero-order valence-corrected chi connectivity index (χ0v) is 48.4. The van der Waals surface area contributed by atoms with Crippen LogP contribution in [-0.2, 0) is 91.1 Å². The summed E-state index contributed by atoms with van der Waals surface area (Å²) < 4.78 is 4.62. The van der Waals surface area contributed by atoms with Crippen molar-refractivity contribution in [1.82, 2.24) is 37.2 Å². The van der Waals surface area contributed by atoms with Crippen LogP contribution in [0.4, 0.5) is 4.79 Å². The molecule has 0 aliphatic rings. The number of ketones is 3. The molecule has 9 atom stereocenters. The summed E-state index contributed by atoms with van der Waals surface area (Å²) in [6.07, 6.45) is -7.46. The van der Waals surface area contributed by atoms with Gasteiger partial charge < -0.3 is 73.2 Å². The van der Waals surface area contributed by atoms with E-state index in [4.69, 9.17) is 10.8 Å². The molecule has 29 nitrogen and oxygen atoms in total. The van der Waals surface area contributed by atoms with Crippen LogP contribution in [0.2, 0.25) is 0 Å². The van der Waals surface area contributed by atoms with E-state index < -0.39 is 201 Å². The summed E-state index contributed by atoms with van der Waals surface area (Å²) in [5.41, 5.74) is 7.86. The van der Waals surface area contributed by atoms with Crippen molar-refractivity contribution in [2.45, 2.75) is 132 Å². The molecule has 14 N–H and O–H groups in total. The van der Waals surface area contributed by atoms with Crippen molar-refractivity contribution in [2.24, 2.45) is 17.6 Å². The van der Waals surface area contributed by atoms with Crippen molar-refractivity contribution in [3.8, 4) is 0 Å². The van der Waals surface area contributed by atoms with Crippen molar-refractivity contribution in [2.75, 3.05) is 12.3 Å². The Morgan fingerprint density at radius 2 is 0.989 bits per heavy atom. The third kappa shape index (κ3) is 28.1. The zero-order chi connectivity index (χ0) is 65.3. The summed E-state index contributed by atoms with van der Waals surface area (Å²) >= 11 is 3.85. The highest BCUT2D eigenvalue weighted by atomic mass is 32.1. The van der Waals surface area contributed by atoms with Crippen LogP contribution in [0.1, 0.15) is 87.3 Å². The number of hydrogen-bond acceptors (Lipinski definition) is 18. The number of rotatable bonds is 43. The molecule has 0 aromatic heterocycles. The summed E-state index contributed by atoms with van der Waals surface area (Å²) in [6.45, 7) is -0.676. The maximum atomic E-state index is 14.2. The Morgan fingerprint density at radius 1 is 0.466 bits per heavy atom. The van der Waals surface area contributed by atoms with Crippen molar-refractivity contribution >= 4 is 102 Å². The largest absolute Gasteiger partial charge is 0.481 e. The first-order chi connectivity index (χ1) is 41.8. The molecule has 0 unspecified atom stereocenters. The molecule has 3 rings (SSSR count). The van der Waals surface area contributed by atoms with E-state index >= 15 is 0 Å². The Morgan fingerprint density at radius 3 is 1.50 bits per heavy atom.